The standard InChI is InChI=1S/C12H13Cl2N3O/c1-2-5-15-7-11-16-17-12(18-11)8-3-4-9(13)10(14)6-8/h3-4,6,15H,2,5,7H2,1H3. The zero-order chi connectivity index (χ0) is 13.0. The van der Waals surface area contributed by atoms with Crippen molar-refractivity contribution in [3.63, 3.8) is 0 Å². The van der Waals surface area contributed by atoms with Crippen LogP contribution in [0, 0.1) is 0 Å². The molecule has 6 heteroatoms. The smallest absolute Gasteiger partial charge is 0.247 e. The molecule has 0 atom stereocenters. The Balaban J connectivity index is 2.11. The maximum Gasteiger partial charge on any atom is 0.247 e. The summed E-state index contributed by atoms with van der Waals surface area (Å²) >= 11 is 11.8. The minimum Gasteiger partial charge on any atom is -0.419 e. The molecule has 0 unspecified atom stereocenters. The van der Waals surface area contributed by atoms with Crippen molar-refractivity contribution < 1.29 is 4.42 Å². The fraction of sp³-hybridized carbons (Fsp3) is 0.333. The first-order valence-electron chi connectivity index (χ1n) is 5.69. The highest BCUT2D eigenvalue weighted by Crippen LogP contribution is 2.27. The first-order chi connectivity index (χ1) is 8.70. The van der Waals surface area contributed by atoms with Crippen LogP contribution in [0.1, 0.15) is 19.2 Å². The SMILES string of the molecule is CCCNCc1nnc(-c2ccc(Cl)c(Cl)c2)o1. The van der Waals surface area contributed by atoms with Crippen molar-refractivity contribution in [3.8, 4) is 11.5 Å². The van der Waals surface area contributed by atoms with Crippen LogP contribution in [0.3, 0.4) is 0 Å². The van der Waals surface area contributed by atoms with Crippen LogP contribution in [-0.2, 0) is 6.54 Å². The van der Waals surface area contributed by atoms with Gasteiger partial charge in [0.05, 0.1) is 16.6 Å². The maximum absolute atomic E-state index is 5.94. The first kappa shape index (κ1) is 13.3. The van der Waals surface area contributed by atoms with Crippen LogP contribution in [0.25, 0.3) is 11.5 Å². The van der Waals surface area contributed by atoms with E-state index in [1.54, 1.807) is 18.2 Å². The summed E-state index contributed by atoms with van der Waals surface area (Å²) in [6, 6.07) is 5.21. The monoisotopic (exact) mass is 285 g/mol. The lowest BCUT2D eigenvalue weighted by atomic mass is 10.2. The quantitative estimate of drug-likeness (QED) is 0.854. The Morgan fingerprint density at radius 1 is 1.22 bits per heavy atom. The largest absolute Gasteiger partial charge is 0.419 e. The lowest BCUT2D eigenvalue weighted by Crippen LogP contribution is -2.13. The van der Waals surface area contributed by atoms with Gasteiger partial charge in [0.2, 0.25) is 11.8 Å². The molecule has 0 amide bonds. The Morgan fingerprint density at radius 2 is 2.06 bits per heavy atom. The highest BCUT2D eigenvalue weighted by atomic mass is 35.5. The molecule has 0 aliphatic carbocycles. The zero-order valence-electron chi connectivity index (χ0n) is 9.91. The van der Waals surface area contributed by atoms with Gasteiger partial charge in [-0.2, -0.15) is 0 Å². The summed E-state index contributed by atoms with van der Waals surface area (Å²) in [5, 5.41) is 12.1. The van der Waals surface area contributed by atoms with Gasteiger partial charge in [-0.05, 0) is 31.2 Å². The molecule has 1 aromatic heterocycles. The van der Waals surface area contributed by atoms with E-state index in [1.807, 2.05) is 0 Å². The molecule has 2 aromatic rings. The van der Waals surface area contributed by atoms with Crippen LogP contribution in [0.4, 0.5) is 0 Å². The van der Waals surface area contributed by atoms with Gasteiger partial charge < -0.3 is 9.73 Å². The third kappa shape index (κ3) is 3.22. The van der Waals surface area contributed by atoms with E-state index >= 15 is 0 Å². The number of aromatic nitrogens is 2. The molecule has 0 fully saturated rings. The molecule has 0 saturated carbocycles. The first-order valence-corrected chi connectivity index (χ1v) is 6.45. The maximum atomic E-state index is 5.94. The Kier molecular flexibility index (Phi) is 4.58. The predicted octanol–water partition coefficient (Wildman–Crippen LogP) is 3.54. The van der Waals surface area contributed by atoms with E-state index < -0.39 is 0 Å². The third-order valence-electron chi connectivity index (χ3n) is 2.34. The highest BCUT2D eigenvalue weighted by Gasteiger charge is 2.09. The Morgan fingerprint density at radius 3 is 2.78 bits per heavy atom. The summed E-state index contributed by atoms with van der Waals surface area (Å²) in [6.07, 6.45) is 1.06. The molecule has 96 valence electrons. The molecule has 18 heavy (non-hydrogen) atoms. The number of nitrogens with one attached hydrogen (secondary N) is 1. The molecule has 4 nitrogen and oxygen atoms in total. The van der Waals surface area contributed by atoms with E-state index in [0.717, 1.165) is 18.5 Å². The van der Waals surface area contributed by atoms with Gasteiger partial charge in [-0.3, -0.25) is 0 Å². The van der Waals surface area contributed by atoms with Crippen molar-refractivity contribution in [3.05, 3.63) is 34.1 Å². The molecule has 1 aromatic carbocycles. The lowest BCUT2D eigenvalue weighted by molar-refractivity contribution is 0.477. The van der Waals surface area contributed by atoms with E-state index in [0.29, 0.717) is 28.4 Å². The van der Waals surface area contributed by atoms with E-state index in [9.17, 15) is 0 Å². The molecule has 0 bridgehead atoms. The molecule has 1 heterocycles. The van der Waals surface area contributed by atoms with Gasteiger partial charge in [0.1, 0.15) is 0 Å². The number of hydrogen-bond acceptors (Lipinski definition) is 4. The van der Waals surface area contributed by atoms with Gasteiger partial charge >= 0.3 is 0 Å². The van der Waals surface area contributed by atoms with E-state index in [-0.39, 0.29) is 0 Å². The molecule has 0 aliphatic heterocycles. The van der Waals surface area contributed by atoms with E-state index in [4.69, 9.17) is 27.6 Å². The van der Waals surface area contributed by atoms with Crippen LogP contribution in [0.2, 0.25) is 10.0 Å². The van der Waals surface area contributed by atoms with Crippen molar-refractivity contribution in [2.75, 3.05) is 6.54 Å². The predicted molar refractivity (Wildman–Crippen MR) is 71.8 cm³/mol. The minimum absolute atomic E-state index is 0.446. The van der Waals surface area contributed by atoms with Crippen LogP contribution in [-0.4, -0.2) is 16.7 Å². The van der Waals surface area contributed by atoms with Crippen molar-refractivity contribution in [1.82, 2.24) is 15.5 Å². The number of nitrogens with zero attached hydrogens (tertiary/aromatic N) is 2. The highest BCUT2D eigenvalue weighted by molar-refractivity contribution is 6.42. The third-order valence-corrected chi connectivity index (χ3v) is 3.08. The van der Waals surface area contributed by atoms with Crippen molar-refractivity contribution >= 4 is 23.2 Å². The van der Waals surface area contributed by atoms with Gasteiger partial charge in [-0.1, -0.05) is 30.1 Å². The molecule has 0 radical (unpaired) electrons. The summed E-state index contributed by atoms with van der Waals surface area (Å²) in [5.74, 6) is 1.01. The van der Waals surface area contributed by atoms with E-state index in [2.05, 4.69) is 22.4 Å². The van der Waals surface area contributed by atoms with Gasteiger partial charge in [0, 0.05) is 5.56 Å². The molecule has 0 aliphatic rings. The average Bonchev–Trinajstić information content (AvgIpc) is 2.82. The molecule has 2 rings (SSSR count). The van der Waals surface area contributed by atoms with Gasteiger partial charge in [0.25, 0.3) is 0 Å². The summed E-state index contributed by atoms with van der Waals surface area (Å²) in [4.78, 5) is 0. The zero-order valence-corrected chi connectivity index (χ0v) is 11.4. The van der Waals surface area contributed by atoms with E-state index in [1.165, 1.54) is 0 Å². The summed E-state index contributed by atoms with van der Waals surface area (Å²) in [5.41, 5.74) is 0.763. The average molecular weight is 286 g/mol. The van der Waals surface area contributed by atoms with Crippen LogP contribution >= 0.6 is 23.2 Å². The van der Waals surface area contributed by atoms with Gasteiger partial charge in [0.15, 0.2) is 0 Å². The topological polar surface area (TPSA) is 51.0 Å². The summed E-state index contributed by atoms with van der Waals surface area (Å²) < 4.78 is 5.52. The Hall–Kier alpha value is -1.10. The fourth-order valence-corrected chi connectivity index (χ4v) is 1.74. The van der Waals surface area contributed by atoms with Crippen LogP contribution in [0.5, 0.6) is 0 Å². The fourth-order valence-electron chi connectivity index (χ4n) is 1.44. The number of rotatable bonds is 5. The number of hydrogen-bond donors (Lipinski definition) is 1. The number of benzene rings is 1. The van der Waals surface area contributed by atoms with Crippen molar-refractivity contribution in [1.29, 1.82) is 0 Å². The summed E-state index contributed by atoms with van der Waals surface area (Å²) in [7, 11) is 0. The Bertz CT molecular complexity index is 528. The normalized spacial score (nSPS) is 10.8. The second-order valence-corrected chi connectivity index (χ2v) is 4.62. The molecule has 0 spiro atoms. The Labute approximate surface area is 115 Å². The molecule has 0 saturated heterocycles. The number of halogens is 2. The lowest BCUT2D eigenvalue weighted by Gasteiger charge is -1.98. The van der Waals surface area contributed by atoms with Crippen LogP contribution < -0.4 is 5.32 Å². The summed E-state index contributed by atoms with van der Waals surface area (Å²) in [6.45, 7) is 3.59. The second kappa shape index (κ2) is 6.18. The molecule has 1 N–H and O–H groups in total. The molecular formula is C12H13Cl2N3O. The molecular weight excluding hydrogens is 273 g/mol. The second-order valence-electron chi connectivity index (χ2n) is 3.81. The minimum atomic E-state index is 0.446. The van der Waals surface area contributed by atoms with Crippen LogP contribution in [0.15, 0.2) is 22.6 Å². The van der Waals surface area contributed by atoms with Gasteiger partial charge in [-0.15, -0.1) is 10.2 Å². The van der Waals surface area contributed by atoms with Crippen molar-refractivity contribution in [2.24, 2.45) is 0 Å². The van der Waals surface area contributed by atoms with Crippen molar-refractivity contribution in [2.45, 2.75) is 19.9 Å². The van der Waals surface area contributed by atoms with Gasteiger partial charge in [-0.25, -0.2) is 0 Å².